The number of Topliss-reactive ketones (excluding diaryl/α,β-unsaturated/α-hetero) is 1. The van der Waals surface area contributed by atoms with E-state index in [4.69, 9.17) is 11.5 Å². The molecule has 264 valence electrons. The number of fused-ring (bicyclic) bond motifs is 1. The Morgan fingerprint density at radius 3 is 2.10 bits per heavy atom. The summed E-state index contributed by atoms with van der Waals surface area (Å²) in [4.78, 5) is 74.9. The second-order valence-corrected chi connectivity index (χ2v) is 12.9. The van der Waals surface area contributed by atoms with Crippen molar-refractivity contribution in [2.45, 2.75) is 83.6 Å². The van der Waals surface area contributed by atoms with E-state index in [1.807, 2.05) is 31.2 Å². The SMILES string of the molecule is CCC(C)[C@H](NC(C)=O)C(=O)N[C@H](C(=O)N[C@@H](Cc1ccccc1)C(=O)N[C@@H](CCCN=C(N)N)C(=O)c1nc2ccccc2s1)C(C)O. The van der Waals surface area contributed by atoms with Crippen LogP contribution in [0.15, 0.2) is 59.6 Å². The number of aromatic nitrogens is 1. The molecule has 3 aromatic rings. The molecular weight excluding hydrogens is 648 g/mol. The molecule has 3 rings (SSSR count). The number of nitrogens with one attached hydrogen (secondary N) is 4. The fraction of sp³-hybridized carbons (Fsp3) is 0.441. The van der Waals surface area contributed by atoms with Gasteiger partial charge in [0, 0.05) is 19.9 Å². The lowest BCUT2D eigenvalue weighted by atomic mass is 9.97. The molecule has 1 aromatic heterocycles. The van der Waals surface area contributed by atoms with Gasteiger partial charge in [0.15, 0.2) is 11.0 Å². The van der Waals surface area contributed by atoms with Gasteiger partial charge in [-0.15, -0.1) is 11.3 Å². The third-order valence-electron chi connectivity index (χ3n) is 7.92. The third kappa shape index (κ3) is 11.6. The highest BCUT2D eigenvalue weighted by Gasteiger charge is 2.35. The number of amides is 4. The number of benzene rings is 2. The van der Waals surface area contributed by atoms with Crippen molar-refractivity contribution in [3.8, 4) is 0 Å². The summed E-state index contributed by atoms with van der Waals surface area (Å²) in [6.45, 7) is 6.47. The molecule has 0 saturated heterocycles. The van der Waals surface area contributed by atoms with E-state index in [1.165, 1.54) is 25.2 Å². The van der Waals surface area contributed by atoms with Gasteiger partial charge in [0.2, 0.25) is 29.4 Å². The molecule has 4 amide bonds. The van der Waals surface area contributed by atoms with Crippen molar-refractivity contribution in [3.05, 3.63) is 65.2 Å². The first-order valence-electron chi connectivity index (χ1n) is 16.2. The van der Waals surface area contributed by atoms with Gasteiger partial charge in [-0.25, -0.2) is 4.98 Å². The molecule has 0 radical (unpaired) electrons. The van der Waals surface area contributed by atoms with Crippen molar-refractivity contribution in [1.29, 1.82) is 0 Å². The van der Waals surface area contributed by atoms with Gasteiger partial charge in [0.05, 0.1) is 22.4 Å². The number of ketones is 1. The summed E-state index contributed by atoms with van der Waals surface area (Å²) in [5.74, 6) is -3.35. The predicted molar refractivity (Wildman–Crippen MR) is 189 cm³/mol. The smallest absolute Gasteiger partial charge is 0.245 e. The van der Waals surface area contributed by atoms with E-state index in [-0.39, 0.29) is 36.3 Å². The molecule has 0 saturated carbocycles. The van der Waals surface area contributed by atoms with Gasteiger partial charge in [0.25, 0.3) is 0 Å². The van der Waals surface area contributed by atoms with E-state index in [0.717, 1.165) is 4.70 Å². The summed E-state index contributed by atoms with van der Waals surface area (Å²) in [7, 11) is 0. The maximum absolute atomic E-state index is 14.0. The molecule has 0 aliphatic heterocycles. The second-order valence-electron chi connectivity index (χ2n) is 11.9. The van der Waals surface area contributed by atoms with Crippen molar-refractivity contribution in [2.24, 2.45) is 22.4 Å². The van der Waals surface area contributed by atoms with E-state index >= 15 is 0 Å². The van der Waals surface area contributed by atoms with Crippen LogP contribution in [0, 0.1) is 5.92 Å². The molecule has 49 heavy (non-hydrogen) atoms. The quantitative estimate of drug-likeness (QED) is 0.0438. The highest BCUT2D eigenvalue weighted by Crippen LogP contribution is 2.23. The molecule has 2 aromatic carbocycles. The Bertz CT molecular complexity index is 1590. The molecule has 14 nitrogen and oxygen atoms in total. The molecule has 0 fully saturated rings. The molecule has 0 bridgehead atoms. The number of guanidine groups is 1. The fourth-order valence-electron chi connectivity index (χ4n) is 5.06. The van der Waals surface area contributed by atoms with Crippen molar-refractivity contribution in [3.63, 3.8) is 0 Å². The number of carbonyl (C=O) groups is 5. The predicted octanol–water partition coefficient (Wildman–Crippen LogP) is 1.16. The zero-order chi connectivity index (χ0) is 36.1. The molecule has 6 atom stereocenters. The van der Waals surface area contributed by atoms with Crippen LogP contribution in [0.5, 0.6) is 0 Å². The van der Waals surface area contributed by atoms with Crippen molar-refractivity contribution < 1.29 is 29.1 Å². The Kier molecular flexibility index (Phi) is 14.6. The van der Waals surface area contributed by atoms with Gasteiger partial charge >= 0.3 is 0 Å². The minimum Gasteiger partial charge on any atom is -0.391 e. The Morgan fingerprint density at radius 2 is 1.49 bits per heavy atom. The first kappa shape index (κ1) is 38.6. The number of nitrogens with two attached hydrogens (primary N) is 2. The van der Waals surface area contributed by atoms with Crippen LogP contribution in [0.25, 0.3) is 10.2 Å². The average molecular weight is 695 g/mol. The van der Waals surface area contributed by atoms with Crippen molar-refractivity contribution in [1.82, 2.24) is 26.3 Å². The standard InChI is InChI=1S/C34H46N8O6S/c1-5-19(2)27(38-21(4)44)31(47)42-28(20(3)43)32(48)40-25(18-22-12-7-6-8-13-22)30(46)39-24(15-11-17-37-34(35)36)29(45)33-41-23-14-9-10-16-26(23)49-33/h6-10,12-14,16,19-20,24-25,27-28,43H,5,11,15,17-18H2,1-4H3,(H,38,44)(H,39,46)(H,40,48)(H,42,47)(H4,35,36,37)/t19?,20?,24-,25-,27-,28-/m0/s1. The summed E-state index contributed by atoms with van der Waals surface area (Å²) in [6, 6.07) is 11.6. The Balaban J connectivity index is 1.88. The lowest BCUT2D eigenvalue weighted by Gasteiger charge is -2.29. The molecule has 1 heterocycles. The zero-order valence-electron chi connectivity index (χ0n) is 28.1. The first-order valence-corrected chi connectivity index (χ1v) is 17.0. The largest absolute Gasteiger partial charge is 0.391 e. The Morgan fingerprint density at radius 1 is 0.857 bits per heavy atom. The molecule has 15 heteroatoms. The van der Waals surface area contributed by atoms with Gasteiger partial charge < -0.3 is 37.8 Å². The highest BCUT2D eigenvalue weighted by molar-refractivity contribution is 7.20. The zero-order valence-corrected chi connectivity index (χ0v) is 29.0. The third-order valence-corrected chi connectivity index (χ3v) is 8.97. The lowest BCUT2D eigenvalue weighted by molar-refractivity contribution is -0.136. The number of hydrogen-bond acceptors (Lipinski definition) is 9. The van der Waals surface area contributed by atoms with Gasteiger partial charge in [0.1, 0.15) is 18.1 Å². The average Bonchev–Trinajstić information content (AvgIpc) is 3.51. The van der Waals surface area contributed by atoms with Crippen molar-refractivity contribution in [2.75, 3.05) is 6.54 Å². The number of nitrogens with zero attached hydrogens (tertiary/aromatic N) is 2. The van der Waals surface area contributed by atoms with Crippen LogP contribution in [0.3, 0.4) is 0 Å². The number of hydrogen-bond donors (Lipinski definition) is 7. The van der Waals surface area contributed by atoms with Crippen LogP contribution in [0.4, 0.5) is 0 Å². The van der Waals surface area contributed by atoms with Crippen LogP contribution in [-0.2, 0) is 25.6 Å². The Labute approximate surface area is 289 Å². The molecule has 9 N–H and O–H groups in total. The monoisotopic (exact) mass is 694 g/mol. The van der Waals surface area contributed by atoms with Gasteiger partial charge in [-0.2, -0.15) is 0 Å². The summed E-state index contributed by atoms with van der Waals surface area (Å²) in [5.41, 5.74) is 12.3. The normalized spacial score (nSPS) is 14.7. The summed E-state index contributed by atoms with van der Waals surface area (Å²) in [6.07, 6.45) is -0.224. The van der Waals surface area contributed by atoms with Crippen LogP contribution < -0.4 is 32.7 Å². The second kappa shape index (κ2) is 18.6. The maximum Gasteiger partial charge on any atom is 0.245 e. The molecule has 2 unspecified atom stereocenters. The molecule has 0 aliphatic rings. The first-order chi connectivity index (χ1) is 23.3. The fourth-order valence-corrected chi connectivity index (χ4v) is 6.02. The van der Waals surface area contributed by atoms with Gasteiger partial charge in [-0.05, 0) is 43.4 Å². The van der Waals surface area contributed by atoms with E-state index in [2.05, 4.69) is 31.2 Å². The summed E-state index contributed by atoms with van der Waals surface area (Å²) < 4.78 is 0.811. The number of rotatable bonds is 18. The topological polar surface area (TPSA) is 231 Å². The molecule has 0 spiro atoms. The van der Waals surface area contributed by atoms with E-state index in [9.17, 15) is 29.1 Å². The van der Waals surface area contributed by atoms with E-state index in [1.54, 1.807) is 37.3 Å². The van der Waals surface area contributed by atoms with Gasteiger partial charge in [-0.3, -0.25) is 29.0 Å². The van der Waals surface area contributed by atoms with Gasteiger partial charge in [-0.1, -0.05) is 62.7 Å². The van der Waals surface area contributed by atoms with Crippen molar-refractivity contribution >= 4 is 56.9 Å². The van der Waals surface area contributed by atoms with Crippen LogP contribution in [0.2, 0.25) is 0 Å². The number of thiazole rings is 1. The van der Waals surface area contributed by atoms with Crippen LogP contribution in [0.1, 0.15) is 62.3 Å². The number of para-hydroxylation sites is 1. The summed E-state index contributed by atoms with van der Waals surface area (Å²) in [5, 5.41) is 21.4. The van der Waals surface area contributed by atoms with Crippen LogP contribution in [-0.4, -0.2) is 82.3 Å². The summed E-state index contributed by atoms with van der Waals surface area (Å²) >= 11 is 1.21. The lowest BCUT2D eigenvalue weighted by Crippen LogP contribution is -2.61. The number of aliphatic hydroxyl groups excluding tert-OH is 1. The number of aliphatic imine (C=N–C) groups is 1. The maximum atomic E-state index is 14.0. The van der Waals surface area contributed by atoms with Crippen LogP contribution >= 0.6 is 11.3 Å². The van der Waals surface area contributed by atoms with E-state index in [0.29, 0.717) is 23.9 Å². The van der Waals surface area contributed by atoms with E-state index < -0.39 is 59.7 Å². The minimum absolute atomic E-state index is 0.0380. The highest BCUT2D eigenvalue weighted by atomic mass is 32.1. The number of aliphatic hydroxyl groups is 1. The molecular formula is C34H46N8O6S. The Hall–Kier alpha value is -4.89. The minimum atomic E-state index is -1.46. The molecule has 0 aliphatic carbocycles. The number of carbonyl (C=O) groups excluding carboxylic acids is 5.